The summed E-state index contributed by atoms with van der Waals surface area (Å²) >= 11 is 5.72. The van der Waals surface area contributed by atoms with Gasteiger partial charge in [0.05, 0.1) is 4.92 Å². The molecular formula is C12H16ClN5O2. The van der Waals surface area contributed by atoms with Crippen LogP contribution in [0.25, 0.3) is 0 Å². The first-order valence-electron chi connectivity index (χ1n) is 5.79. The van der Waals surface area contributed by atoms with Crippen molar-refractivity contribution in [1.82, 2.24) is 15.2 Å². The Hall–Kier alpha value is -2.15. The second-order valence-corrected chi connectivity index (χ2v) is 4.36. The lowest BCUT2D eigenvalue weighted by molar-refractivity contribution is -0.416. The second kappa shape index (κ2) is 7.44. The molecule has 1 aromatic rings. The number of aromatic nitrogens is 1. The first kappa shape index (κ1) is 15.9. The normalized spacial score (nSPS) is 12.2. The Morgan fingerprint density at radius 1 is 1.65 bits per heavy atom. The molecule has 0 bridgehead atoms. The van der Waals surface area contributed by atoms with Crippen molar-refractivity contribution in [3.63, 3.8) is 0 Å². The van der Waals surface area contributed by atoms with Gasteiger partial charge in [-0.05, 0) is 11.6 Å². The summed E-state index contributed by atoms with van der Waals surface area (Å²) in [5.41, 5.74) is 0.792. The summed E-state index contributed by atoms with van der Waals surface area (Å²) in [6, 6.07) is 3.49. The Kier molecular flexibility index (Phi) is 5.92. The molecular weight excluding hydrogens is 282 g/mol. The van der Waals surface area contributed by atoms with Crippen LogP contribution >= 0.6 is 11.6 Å². The molecule has 0 radical (unpaired) electrons. The highest BCUT2D eigenvalue weighted by Gasteiger charge is 2.19. The predicted octanol–water partition coefficient (Wildman–Crippen LogP) is 1.53. The van der Waals surface area contributed by atoms with E-state index in [9.17, 15) is 10.1 Å². The minimum Gasteiger partial charge on any atom is -0.369 e. The third-order valence-corrected chi connectivity index (χ3v) is 2.74. The summed E-state index contributed by atoms with van der Waals surface area (Å²) in [4.78, 5) is 20.0. The number of halogens is 1. The second-order valence-electron chi connectivity index (χ2n) is 3.97. The van der Waals surface area contributed by atoms with Gasteiger partial charge in [0.15, 0.2) is 5.82 Å². The topological polar surface area (TPSA) is 83.7 Å². The zero-order valence-electron chi connectivity index (χ0n) is 11.5. The SMILES string of the molecule is CN=CC(=C(NC)N(C)Cc1ccc(Cl)nc1)[N+](=O)[O-]. The van der Waals surface area contributed by atoms with Crippen molar-refractivity contribution in [3.05, 3.63) is 50.7 Å². The number of hydrogen-bond acceptors (Lipinski definition) is 6. The van der Waals surface area contributed by atoms with Crippen LogP contribution in [0.15, 0.2) is 34.8 Å². The van der Waals surface area contributed by atoms with Gasteiger partial charge in [0.25, 0.3) is 0 Å². The van der Waals surface area contributed by atoms with Crippen molar-refractivity contribution in [2.75, 3.05) is 21.1 Å². The summed E-state index contributed by atoms with van der Waals surface area (Å²) in [5, 5.41) is 14.3. The van der Waals surface area contributed by atoms with Gasteiger partial charge < -0.3 is 10.2 Å². The molecule has 7 nitrogen and oxygen atoms in total. The molecule has 0 fully saturated rings. The molecule has 1 N–H and O–H groups in total. The first-order valence-corrected chi connectivity index (χ1v) is 6.17. The van der Waals surface area contributed by atoms with E-state index in [1.54, 1.807) is 31.3 Å². The number of nitrogens with one attached hydrogen (secondary N) is 1. The van der Waals surface area contributed by atoms with E-state index >= 15 is 0 Å². The lowest BCUT2D eigenvalue weighted by Crippen LogP contribution is -2.30. The van der Waals surface area contributed by atoms with Crippen LogP contribution < -0.4 is 5.32 Å². The third kappa shape index (κ3) is 4.20. The average Bonchev–Trinajstić information content (AvgIpc) is 2.41. The third-order valence-electron chi connectivity index (χ3n) is 2.52. The molecule has 0 amide bonds. The van der Waals surface area contributed by atoms with Crippen LogP contribution in [0, 0.1) is 10.1 Å². The molecule has 0 aliphatic heterocycles. The molecule has 0 unspecified atom stereocenters. The summed E-state index contributed by atoms with van der Waals surface area (Å²) in [6.45, 7) is 0.454. The summed E-state index contributed by atoms with van der Waals surface area (Å²) < 4.78 is 0. The maximum atomic E-state index is 11.1. The van der Waals surface area contributed by atoms with E-state index in [4.69, 9.17) is 11.6 Å². The lowest BCUT2D eigenvalue weighted by atomic mass is 10.2. The molecule has 0 atom stereocenters. The average molecular weight is 298 g/mol. The fraction of sp³-hybridized carbons (Fsp3) is 0.333. The number of pyridine rings is 1. The Balaban J connectivity index is 3.01. The van der Waals surface area contributed by atoms with Crippen molar-refractivity contribution in [3.8, 4) is 0 Å². The van der Waals surface area contributed by atoms with E-state index in [1.165, 1.54) is 13.3 Å². The number of rotatable bonds is 6. The molecule has 0 aliphatic rings. The standard InChI is InChI=1S/C12H16ClN5O2/c1-14-7-10(18(19)20)12(15-2)17(3)8-9-4-5-11(13)16-6-9/h4-7,15H,8H2,1-3H3. The van der Waals surface area contributed by atoms with Crippen LogP contribution in [0.1, 0.15) is 5.56 Å². The van der Waals surface area contributed by atoms with E-state index in [0.29, 0.717) is 17.5 Å². The fourth-order valence-electron chi connectivity index (χ4n) is 1.68. The smallest absolute Gasteiger partial charge is 0.326 e. The zero-order chi connectivity index (χ0) is 15.1. The molecule has 1 rings (SSSR count). The highest BCUT2D eigenvalue weighted by Crippen LogP contribution is 2.11. The molecule has 108 valence electrons. The molecule has 0 aliphatic carbocycles. The van der Waals surface area contributed by atoms with Crippen molar-refractivity contribution in [2.24, 2.45) is 4.99 Å². The fourth-order valence-corrected chi connectivity index (χ4v) is 1.80. The van der Waals surface area contributed by atoms with E-state index in [2.05, 4.69) is 15.3 Å². The highest BCUT2D eigenvalue weighted by molar-refractivity contribution is 6.29. The van der Waals surface area contributed by atoms with Gasteiger partial charge in [-0.2, -0.15) is 0 Å². The van der Waals surface area contributed by atoms with Gasteiger partial charge in [0.2, 0.25) is 0 Å². The lowest BCUT2D eigenvalue weighted by Gasteiger charge is -2.21. The molecule has 0 aromatic carbocycles. The van der Waals surface area contributed by atoms with E-state index in [1.807, 2.05) is 6.07 Å². The molecule has 0 saturated carbocycles. The summed E-state index contributed by atoms with van der Waals surface area (Å²) in [7, 11) is 4.85. The maximum absolute atomic E-state index is 11.1. The molecule has 20 heavy (non-hydrogen) atoms. The van der Waals surface area contributed by atoms with Gasteiger partial charge in [0, 0.05) is 33.9 Å². The van der Waals surface area contributed by atoms with Crippen LogP contribution in [-0.4, -0.2) is 42.2 Å². The molecule has 8 heteroatoms. The molecule has 1 heterocycles. The van der Waals surface area contributed by atoms with Crippen LogP contribution in [0.4, 0.5) is 0 Å². The molecule has 0 spiro atoms. The number of hydrogen-bond donors (Lipinski definition) is 1. The van der Waals surface area contributed by atoms with Crippen LogP contribution in [0.3, 0.4) is 0 Å². The Morgan fingerprint density at radius 3 is 2.80 bits per heavy atom. The van der Waals surface area contributed by atoms with Crippen LogP contribution in [-0.2, 0) is 6.54 Å². The largest absolute Gasteiger partial charge is 0.369 e. The van der Waals surface area contributed by atoms with Crippen molar-refractivity contribution < 1.29 is 4.92 Å². The van der Waals surface area contributed by atoms with Crippen molar-refractivity contribution >= 4 is 17.8 Å². The first-order chi connectivity index (χ1) is 9.49. The van der Waals surface area contributed by atoms with Crippen molar-refractivity contribution in [2.45, 2.75) is 6.54 Å². The monoisotopic (exact) mass is 297 g/mol. The minimum absolute atomic E-state index is 0.0978. The molecule has 0 saturated heterocycles. The number of nitrogens with zero attached hydrogens (tertiary/aromatic N) is 4. The Labute approximate surface area is 122 Å². The van der Waals surface area contributed by atoms with E-state index in [0.717, 1.165) is 5.56 Å². The Morgan fingerprint density at radius 2 is 2.35 bits per heavy atom. The van der Waals surface area contributed by atoms with Gasteiger partial charge in [-0.3, -0.25) is 15.1 Å². The van der Waals surface area contributed by atoms with Crippen LogP contribution in [0.2, 0.25) is 5.15 Å². The summed E-state index contributed by atoms with van der Waals surface area (Å²) in [5.74, 6) is 0.371. The van der Waals surface area contributed by atoms with Gasteiger partial charge in [-0.1, -0.05) is 17.7 Å². The van der Waals surface area contributed by atoms with Gasteiger partial charge in [-0.25, -0.2) is 4.98 Å². The zero-order valence-corrected chi connectivity index (χ0v) is 12.3. The number of allylic oxidation sites excluding steroid dienone is 1. The summed E-state index contributed by atoms with van der Waals surface area (Å²) in [6.07, 6.45) is 2.84. The highest BCUT2D eigenvalue weighted by atomic mass is 35.5. The number of nitro groups is 1. The van der Waals surface area contributed by atoms with E-state index < -0.39 is 4.92 Å². The Bertz CT molecular complexity index is 527. The van der Waals surface area contributed by atoms with E-state index in [-0.39, 0.29) is 5.70 Å². The van der Waals surface area contributed by atoms with Crippen molar-refractivity contribution in [1.29, 1.82) is 0 Å². The molecule has 1 aromatic heterocycles. The maximum Gasteiger partial charge on any atom is 0.326 e. The van der Waals surface area contributed by atoms with Gasteiger partial charge in [-0.15, -0.1) is 0 Å². The van der Waals surface area contributed by atoms with Gasteiger partial charge >= 0.3 is 5.70 Å². The predicted molar refractivity (Wildman–Crippen MR) is 78.2 cm³/mol. The number of aliphatic imine (C=N–C) groups is 1. The van der Waals surface area contributed by atoms with Gasteiger partial charge in [0.1, 0.15) is 11.4 Å². The van der Waals surface area contributed by atoms with Crippen LogP contribution in [0.5, 0.6) is 0 Å². The quantitative estimate of drug-likeness (QED) is 0.372. The minimum atomic E-state index is -0.477.